The van der Waals surface area contributed by atoms with Crippen molar-refractivity contribution in [1.29, 1.82) is 0 Å². The Bertz CT molecular complexity index is 1110. The van der Waals surface area contributed by atoms with E-state index in [0.29, 0.717) is 19.3 Å². The zero-order valence-corrected chi connectivity index (χ0v) is 41.8. The lowest BCUT2D eigenvalue weighted by Crippen LogP contribution is -2.30. The molecule has 0 bridgehead atoms. The van der Waals surface area contributed by atoms with Crippen LogP contribution < -0.4 is 0 Å². The van der Waals surface area contributed by atoms with Crippen LogP contribution in [-0.2, 0) is 28.6 Å². The van der Waals surface area contributed by atoms with Crippen LogP contribution in [0.15, 0.2) is 48.6 Å². The molecule has 6 heteroatoms. The van der Waals surface area contributed by atoms with Gasteiger partial charge in [0.15, 0.2) is 6.10 Å². The third kappa shape index (κ3) is 50.2. The molecular formula is C57H102O6. The van der Waals surface area contributed by atoms with E-state index >= 15 is 0 Å². The summed E-state index contributed by atoms with van der Waals surface area (Å²) in [5.74, 6) is -0.893. The molecule has 0 aromatic carbocycles. The van der Waals surface area contributed by atoms with E-state index < -0.39 is 6.10 Å². The molecule has 0 radical (unpaired) electrons. The van der Waals surface area contributed by atoms with Crippen molar-refractivity contribution in [3.05, 3.63) is 48.6 Å². The molecule has 6 nitrogen and oxygen atoms in total. The number of rotatable bonds is 49. The highest BCUT2D eigenvalue weighted by Gasteiger charge is 2.19. The summed E-state index contributed by atoms with van der Waals surface area (Å²) in [5, 5.41) is 0. The Morgan fingerprint density at radius 1 is 0.317 bits per heavy atom. The monoisotopic (exact) mass is 883 g/mol. The van der Waals surface area contributed by atoms with Gasteiger partial charge in [-0.15, -0.1) is 0 Å². The van der Waals surface area contributed by atoms with Gasteiger partial charge in [0.1, 0.15) is 13.2 Å². The molecule has 0 aliphatic heterocycles. The third-order valence-electron chi connectivity index (χ3n) is 11.8. The van der Waals surface area contributed by atoms with Crippen molar-refractivity contribution >= 4 is 17.9 Å². The number of carbonyl (C=O) groups excluding carboxylic acids is 3. The van der Waals surface area contributed by atoms with Crippen molar-refractivity contribution in [2.75, 3.05) is 13.2 Å². The van der Waals surface area contributed by atoms with E-state index in [1.54, 1.807) is 0 Å². The molecule has 1 atom stereocenters. The molecule has 0 saturated carbocycles. The van der Waals surface area contributed by atoms with Gasteiger partial charge in [0, 0.05) is 19.3 Å². The number of ether oxygens (including phenoxy) is 3. The molecule has 0 fully saturated rings. The minimum atomic E-state index is -0.776. The summed E-state index contributed by atoms with van der Waals surface area (Å²) < 4.78 is 16.7. The Kier molecular flexibility index (Phi) is 49.8. The molecule has 366 valence electrons. The topological polar surface area (TPSA) is 78.9 Å². The molecule has 63 heavy (non-hydrogen) atoms. The van der Waals surface area contributed by atoms with Crippen LogP contribution in [-0.4, -0.2) is 37.2 Å². The molecule has 1 unspecified atom stereocenters. The fourth-order valence-corrected chi connectivity index (χ4v) is 7.68. The predicted molar refractivity (Wildman–Crippen MR) is 270 cm³/mol. The number of unbranched alkanes of at least 4 members (excludes halogenated alkanes) is 30. The number of esters is 3. The van der Waals surface area contributed by atoms with Crippen molar-refractivity contribution in [3.63, 3.8) is 0 Å². The maximum Gasteiger partial charge on any atom is 0.306 e. The highest BCUT2D eigenvalue weighted by molar-refractivity contribution is 5.71. The summed E-state index contributed by atoms with van der Waals surface area (Å²) in [5.41, 5.74) is 0. The highest BCUT2D eigenvalue weighted by atomic mass is 16.6. The lowest BCUT2D eigenvalue weighted by atomic mass is 10.1. The fourth-order valence-electron chi connectivity index (χ4n) is 7.68. The Morgan fingerprint density at radius 2 is 0.571 bits per heavy atom. The van der Waals surface area contributed by atoms with Gasteiger partial charge in [0.05, 0.1) is 0 Å². The molecule has 0 spiro atoms. The first-order valence-corrected chi connectivity index (χ1v) is 27.1. The molecule has 0 N–H and O–H groups in total. The summed E-state index contributed by atoms with van der Waals surface area (Å²) in [6, 6.07) is 0. The van der Waals surface area contributed by atoms with Gasteiger partial charge < -0.3 is 14.2 Å². The van der Waals surface area contributed by atoms with Crippen LogP contribution in [0.3, 0.4) is 0 Å². The third-order valence-corrected chi connectivity index (χ3v) is 11.8. The van der Waals surface area contributed by atoms with E-state index in [1.165, 1.54) is 154 Å². The zero-order chi connectivity index (χ0) is 45.8. The van der Waals surface area contributed by atoms with Gasteiger partial charge in [0.25, 0.3) is 0 Å². The van der Waals surface area contributed by atoms with E-state index in [9.17, 15) is 14.4 Å². The Hall–Kier alpha value is -2.63. The number of carbonyl (C=O) groups is 3. The zero-order valence-electron chi connectivity index (χ0n) is 41.8. The quantitative estimate of drug-likeness (QED) is 0.0262. The first-order chi connectivity index (χ1) is 31.0. The number of hydrogen-bond acceptors (Lipinski definition) is 6. The minimum absolute atomic E-state index is 0.0776. The van der Waals surface area contributed by atoms with E-state index in [2.05, 4.69) is 69.4 Å². The second kappa shape index (κ2) is 52.0. The molecule has 0 aliphatic carbocycles. The molecule has 0 heterocycles. The Morgan fingerprint density at radius 3 is 0.905 bits per heavy atom. The van der Waals surface area contributed by atoms with Crippen LogP contribution in [0.4, 0.5) is 0 Å². The van der Waals surface area contributed by atoms with Crippen LogP contribution in [0.25, 0.3) is 0 Å². The van der Waals surface area contributed by atoms with Gasteiger partial charge in [0.2, 0.25) is 0 Å². The van der Waals surface area contributed by atoms with Crippen molar-refractivity contribution in [3.8, 4) is 0 Å². The maximum absolute atomic E-state index is 12.8. The Labute approximate surface area is 390 Å². The number of allylic oxidation sites excluding steroid dienone is 8. The van der Waals surface area contributed by atoms with Crippen molar-refractivity contribution < 1.29 is 28.6 Å². The normalized spacial score (nSPS) is 12.4. The van der Waals surface area contributed by atoms with E-state index in [4.69, 9.17) is 14.2 Å². The van der Waals surface area contributed by atoms with E-state index in [-0.39, 0.29) is 31.1 Å². The molecular weight excluding hydrogens is 781 g/mol. The lowest BCUT2D eigenvalue weighted by Gasteiger charge is -2.18. The largest absolute Gasteiger partial charge is 0.462 e. The standard InChI is InChI=1S/C57H102O6/c1-4-7-10-13-16-18-20-22-24-25-26-27-28-29-30-31-33-34-36-38-41-44-47-50-56(59)62-53-54(52-61-55(58)49-46-43-40-15-12-9-6-3)63-57(60)51-48-45-42-39-37-35-32-23-21-19-17-14-11-8-5-2/h20,22-23,25-26,28-29,32,54H,4-19,21,24,27,30-31,33-53H2,1-3H3/b22-20-,26-25-,29-28-,32-23-. The van der Waals surface area contributed by atoms with Crippen molar-refractivity contribution in [2.24, 2.45) is 0 Å². The van der Waals surface area contributed by atoms with Gasteiger partial charge in [-0.2, -0.15) is 0 Å². The van der Waals surface area contributed by atoms with Crippen LogP contribution in [0.5, 0.6) is 0 Å². The summed E-state index contributed by atoms with van der Waals surface area (Å²) in [6.07, 6.45) is 62.6. The minimum Gasteiger partial charge on any atom is -0.462 e. The Balaban J connectivity index is 4.21. The maximum atomic E-state index is 12.8. The molecule has 0 aromatic rings. The smallest absolute Gasteiger partial charge is 0.306 e. The molecule has 0 aliphatic rings. The average molecular weight is 883 g/mol. The van der Waals surface area contributed by atoms with Crippen LogP contribution in [0.1, 0.15) is 278 Å². The van der Waals surface area contributed by atoms with Crippen molar-refractivity contribution in [2.45, 2.75) is 284 Å². The summed E-state index contributed by atoms with van der Waals surface area (Å²) in [7, 11) is 0. The van der Waals surface area contributed by atoms with Crippen LogP contribution in [0.2, 0.25) is 0 Å². The van der Waals surface area contributed by atoms with Crippen LogP contribution >= 0.6 is 0 Å². The van der Waals surface area contributed by atoms with Gasteiger partial charge >= 0.3 is 17.9 Å². The van der Waals surface area contributed by atoms with Gasteiger partial charge in [-0.1, -0.05) is 223 Å². The fraction of sp³-hybridized carbons (Fsp3) is 0.807. The highest BCUT2D eigenvalue weighted by Crippen LogP contribution is 2.15. The lowest BCUT2D eigenvalue weighted by molar-refractivity contribution is -0.167. The van der Waals surface area contributed by atoms with E-state index in [0.717, 1.165) is 83.5 Å². The summed E-state index contributed by atoms with van der Waals surface area (Å²) in [4.78, 5) is 37.8. The van der Waals surface area contributed by atoms with Crippen molar-refractivity contribution in [1.82, 2.24) is 0 Å². The second-order valence-corrected chi connectivity index (χ2v) is 18.1. The van der Waals surface area contributed by atoms with Gasteiger partial charge in [-0.05, 0) is 83.5 Å². The molecule has 0 rings (SSSR count). The first-order valence-electron chi connectivity index (χ1n) is 27.1. The molecule has 0 saturated heterocycles. The van der Waals surface area contributed by atoms with E-state index in [1.807, 2.05) is 0 Å². The number of hydrogen-bond donors (Lipinski definition) is 0. The molecule has 0 aromatic heterocycles. The SMILES string of the molecule is CCCCCCC/C=C\C/C=C\C/C=C\CCCCCCCCCCC(=O)OCC(COC(=O)CCCCCCCCC)OC(=O)CCCCCCC/C=C\CCCCCCCC. The predicted octanol–water partition coefficient (Wildman–Crippen LogP) is 17.9. The summed E-state index contributed by atoms with van der Waals surface area (Å²) in [6.45, 7) is 6.58. The second-order valence-electron chi connectivity index (χ2n) is 18.1. The van der Waals surface area contributed by atoms with Gasteiger partial charge in [-0.3, -0.25) is 14.4 Å². The molecule has 0 amide bonds. The first kappa shape index (κ1) is 60.4. The van der Waals surface area contributed by atoms with Crippen LogP contribution in [0, 0.1) is 0 Å². The average Bonchev–Trinajstić information content (AvgIpc) is 3.28. The summed E-state index contributed by atoms with van der Waals surface area (Å²) >= 11 is 0. The van der Waals surface area contributed by atoms with Gasteiger partial charge in [-0.25, -0.2) is 0 Å².